The zero-order chi connectivity index (χ0) is 15.8. The number of carbonyl (C=O) groups is 2. The van der Waals surface area contributed by atoms with Crippen molar-refractivity contribution in [2.24, 2.45) is 0 Å². The van der Waals surface area contributed by atoms with Crippen LogP contribution in [-0.2, 0) is 9.59 Å². The van der Waals surface area contributed by atoms with E-state index in [4.69, 9.17) is 12.2 Å². The van der Waals surface area contributed by atoms with Crippen LogP contribution in [0.5, 0.6) is 0 Å². The zero-order valence-corrected chi connectivity index (χ0v) is 13.0. The Morgan fingerprint density at radius 1 is 1.09 bits per heavy atom. The molecule has 114 valence electrons. The Kier molecular flexibility index (Phi) is 5.81. The van der Waals surface area contributed by atoms with E-state index < -0.39 is 11.8 Å². The smallest absolute Gasteiger partial charge is 0.247 e. The molecule has 0 spiro atoms. The predicted molar refractivity (Wildman–Crippen MR) is 89.3 cm³/mol. The summed E-state index contributed by atoms with van der Waals surface area (Å²) in [7, 11) is 0. The average Bonchev–Trinajstić information content (AvgIpc) is 2.99. The summed E-state index contributed by atoms with van der Waals surface area (Å²) in [6.07, 6.45) is 1.23. The molecular weight excluding hydrogens is 322 g/mol. The molecule has 1 aromatic carbocycles. The molecule has 4 N–H and O–H groups in total. The number of thiazole rings is 1. The first-order chi connectivity index (χ1) is 10.6. The number of benzene rings is 1. The van der Waals surface area contributed by atoms with Crippen LogP contribution in [0.4, 0.5) is 10.8 Å². The highest BCUT2D eigenvalue weighted by Crippen LogP contribution is 2.10. The number of thiocarbonyl (C=S) groups is 1. The van der Waals surface area contributed by atoms with Crippen LogP contribution in [0.2, 0.25) is 0 Å². The monoisotopic (exact) mass is 335 g/mol. The molecule has 0 fully saturated rings. The summed E-state index contributed by atoms with van der Waals surface area (Å²) in [6, 6.07) is 9.25. The van der Waals surface area contributed by atoms with E-state index in [9.17, 15) is 9.59 Å². The molecule has 9 heteroatoms. The third kappa shape index (κ3) is 5.46. The molecule has 1 heterocycles. The highest BCUT2D eigenvalue weighted by molar-refractivity contribution is 7.80. The van der Waals surface area contributed by atoms with Gasteiger partial charge < -0.3 is 10.6 Å². The molecule has 7 nitrogen and oxygen atoms in total. The molecule has 0 radical (unpaired) electrons. The van der Waals surface area contributed by atoms with Crippen LogP contribution in [0.15, 0.2) is 41.9 Å². The number of hydrogen-bond acceptors (Lipinski definition) is 5. The first-order valence-electron chi connectivity index (χ1n) is 6.24. The van der Waals surface area contributed by atoms with Crippen LogP contribution in [0.3, 0.4) is 0 Å². The van der Waals surface area contributed by atoms with Crippen molar-refractivity contribution in [1.82, 2.24) is 15.8 Å². The molecule has 22 heavy (non-hydrogen) atoms. The summed E-state index contributed by atoms with van der Waals surface area (Å²) in [5, 5.41) is 7.80. The molecule has 0 aliphatic heterocycles. The summed E-state index contributed by atoms with van der Waals surface area (Å²) in [5.41, 5.74) is 5.65. The van der Waals surface area contributed by atoms with E-state index >= 15 is 0 Å². The number of rotatable bonds is 4. The quantitative estimate of drug-likeness (QED) is 0.384. The summed E-state index contributed by atoms with van der Waals surface area (Å²) in [6.45, 7) is 0. The Bertz CT molecular complexity index is 646. The SMILES string of the molecule is O=C(CC(=O)Nc1nccs1)NNC(=S)Nc1ccccc1. The van der Waals surface area contributed by atoms with Crippen molar-refractivity contribution >= 4 is 51.3 Å². The Morgan fingerprint density at radius 2 is 1.86 bits per heavy atom. The number of para-hydroxylation sites is 1. The van der Waals surface area contributed by atoms with Gasteiger partial charge in [-0.3, -0.25) is 20.4 Å². The summed E-state index contributed by atoms with van der Waals surface area (Å²) >= 11 is 6.29. The molecular formula is C13H13N5O2S2. The van der Waals surface area contributed by atoms with Gasteiger partial charge in [-0.15, -0.1) is 11.3 Å². The maximum absolute atomic E-state index is 11.6. The third-order valence-corrected chi connectivity index (χ3v) is 3.24. The van der Waals surface area contributed by atoms with Gasteiger partial charge in [-0.1, -0.05) is 18.2 Å². The van der Waals surface area contributed by atoms with Crippen molar-refractivity contribution in [2.45, 2.75) is 6.42 Å². The van der Waals surface area contributed by atoms with Crippen LogP contribution in [-0.4, -0.2) is 21.9 Å². The lowest BCUT2D eigenvalue weighted by molar-refractivity contribution is -0.127. The topological polar surface area (TPSA) is 95.2 Å². The number of nitrogens with one attached hydrogen (secondary N) is 4. The van der Waals surface area contributed by atoms with Crippen molar-refractivity contribution in [3.63, 3.8) is 0 Å². The lowest BCUT2D eigenvalue weighted by Gasteiger charge is -2.11. The van der Waals surface area contributed by atoms with Gasteiger partial charge in [0.1, 0.15) is 6.42 Å². The normalized spacial score (nSPS) is 9.64. The second-order valence-electron chi connectivity index (χ2n) is 4.06. The van der Waals surface area contributed by atoms with Gasteiger partial charge in [0.05, 0.1) is 0 Å². The van der Waals surface area contributed by atoms with Crippen LogP contribution in [0.1, 0.15) is 6.42 Å². The Morgan fingerprint density at radius 3 is 2.55 bits per heavy atom. The van der Waals surface area contributed by atoms with Gasteiger partial charge in [0.2, 0.25) is 11.8 Å². The highest BCUT2D eigenvalue weighted by atomic mass is 32.1. The van der Waals surface area contributed by atoms with E-state index in [0.29, 0.717) is 5.13 Å². The van der Waals surface area contributed by atoms with Gasteiger partial charge in [-0.2, -0.15) is 0 Å². The van der Waals surface area contributed by atoms with Crippen molar-refractivity contribution in [3.8, 4) is 0 Å². The van der Waals surface area contributed by atoms with Gasteiger partial charge in [0.15, 0.2) is 10.2 Å². The molecule has 0 unspecified atom stereocenters. The molecule has 0 atom stereocenters. The number of hydrogen-bond donors (Lipinski definition) is 4. The number of nitrogens with zero attached hydrogens (tertiary/aromatic N) is 1. The second kappa shape index (κ2) is 8.05. The predicted octanol–water partition coefficient (Wildman–Crippen LogP) is 1.49. The molecule has 2 amide bonds. The van der Waals surface area contributed by atoms with Crippen molar-refractivity contribution in [2.75, 3.05) is 10.6 Å². The fourth-order valence-electron chi connectivity index (χ4n) is 1.45. The standard InChI is InChI=1S/C13H13N5O2S2/c19-10(16-13-14-6-7-22-13)8-11(20)17-18-12(21)15-9-4-2-1-3-5-9/h1-7H,8H2,(H,17,20)(H,14,16,19)(H2,15,18,21). The fraction of sp³-hybridized carbons (Fsp3) is 0.0769. The lowest BCUT2D eigenvalue weighted by Crippen LogP contribution is -2.44. The maximum atomic E-state index is 11.6. The zero-order valence-electron chi connectivity index (χ0n) is 11.3. The fourth-order valence-corrected chi connectivity index (χ4v) is 2.16. The minimum atomic E-state index is -0.508. The first kappa shape index (κ1) is 15.9. The van der Waals surface area contributed by atoms with Gasteiger partial charge in [0.25, 0.3) is 0 Å². The van der Waals surface area contributed by atoms with Gasteiger partial charge in [0, 0.05) is 17.3 Å². The molecule has 0 aliphatic rings. The van der Waals surface area contributed by atoms with Crippen LogP contribution < -0.4 is 21.5 Å². The molecule has 0 saturated carbocycles. The van der Waals surface area contributed by atoms with E-state index in [1.807, 2.05) is 30.3 Å². The highest BCUT2D eigenvalue weighted by Gasteiger charge is 2.10. The Balaban J connectivity index is 1.68. The minimum absolute atomic E-state index is 0.222. The molecule has 0 bridgehead atoms. The number of anilines is 2. The summed E-state index contributed by atoms with van der Waals surface area (Å²) < 4.78 is 0. The molecule has 0 saturated heterocycles. The summed E-state index contributed by atoms with van der Waals surface area (Å²) in [4.78, 5) is 27.1. The third-order valence-electron chi connectivity index (χ3n) is 2.35. The van der Waals surface area contributed by atoms with Gasteiger partial charge in [-0.05, 0) is 24.4 Å². The maximum Gasteiger partial charge on any atom is 0.247 e. The molecule has 2 aromatic rings. The number of amides is 2. The van der Waals surface area contributed by atoms with Crippen molar-refractivity contribution < 1.29 is 9.59 Å². The number of aromatic nitrogens is 1. The second-order valence-corrected chi connectivity index (χ2v) is 5.36. The number of carbonyl (C=O) groups excluding carboxylic acids is 2. The molecule has 1 aromatic heterocycles. The summed E-state index contributed by atoms with van der Waals surface area (Å²) in [5.74, 6) is -0.956. The van der Waals surface area contributed by atoms with Gasteiger partial charge in [-0.25, -0.2) is 4.98 Å². The lowest BCUT2D eigenvalue weighted by atomic mass is 10.3. The van der Waals surface area contributed by atoms with Gasteiger partial charge >= 0.3 is 0 Å². The minimum Gasteiger partial charge on any atom is -0.331 e. The van der Waals surface area contributed by atoms with E-state index in [-0.39, 0.29) is 11.5 Å². The molecule has 0 aliphatic carbocycles. The van der Waals surface area contributed by atoms with Crippen LogP contribution >= 0.6 is 23.6 Å². The van der Waals surface area contributed by atoms with E-state index in [0.717, 1.165) is 5.69 Å². The number of hydrazine groups is 1. The largest absolute Gasteiger partial charge is 0.331 e. The van der Waals surface area contributed by atoms with Crippen LogP contribution in [0, 0.1) is 0 Å². The van der Waals surface area contributed by atoms with Crippen LogP contribution in [0.25, 0.3) is 0 Å². The average molecular weight is 335 g/mol. The Labute approximate surface area is 136 Å². The first-order valence-corrected chi connectivity index (χ1v) is 7.52. The van der Waals surface area contributed by atoms with E-state index in [1.54, 1.807) is 11.6 Å². The van der Waals surface area contributed by atoms with Crippen molar-refractivity contribution in [3.05, 3.63) is 41.9 Å². The van der Waals surface area contributed by atoms with Crippen molar-refractivity contribution in [1.29, 1.82) is 0 Å². The molecule has 2 rings (SSSR count). The van der Waals surface area contributed by atoms with E-state index in [2.05, 4.69) is 26.5 Å². The Hall–Kier alpha value is -2.52. The van der Waals surface area contributed by atoms with E-state index in [1.165, 1.54) is 11.3 Å².